The molecule has 0 heterocycles. The third-order valence-corrected chi connectivity index (χ3v) is 12.0. The number of rotatable bonds is 6. The number of hydrogen-bond acceptors (Lipinski definition) is 1. The Morgan fingerprint density at radius 3 is 1.68 bits per heavy atom. The summed E-state index contributed by atoms with van der Waals surface area (Å²) in [5.74, 6) is 0. The highest BCUT2D eigenvalue weighted by Gasteiger charge is 2.47. The first-order valence-electron chi connectivity index (χ1n) is 18.9. The summed E-state index contributed by atoms with van der Waals surface area (Å²) in [6, 6.07) is 65.2. The average Bonchev–Trinajstić information content (AvgIpc) is 3.65. The highest BCUT2D eigenvalue weighted by atomic mass is 15.2. The van der Waals surface area contributed by atoms with Crippen molar-refractivity contribution in [2.24, 2.45) is 0 Å². The van der Waals surface area contributed by atoms with Crippen molar-refractivity contribution in [1.82, 2.24) is 0 Å². The Bertz CT molecular complexity index is 2540. The first-order valence-corrected chi connectivity index (χ1v) is 18.9. The van der Waals surface area contributed by atoms with E-state index >= 15 is 0 Å². The van der Waals surface area contributed by atoms with Crippen molar-refractivity contribution in [1.29, 1.82) is 0 Å². The number of fused-ring (bicyclic) bond motifs is 6. The smallest absolute Gasteiger partial charge is 0.0711 e. The largest absolute Gasteiger partial charge is 0.314 e. The maximum absolute atomic E-state index is 2.57. The fourth-order valence-corrected chi connectivity index (χ4v) is 9.66. The molecule has 1 nitrogen and oxygen atoms in total. The fourth-order valence-electron chi connectivity index (χ4n) is 9.66. The molecule has 0 saturated heterocycles. The normalized spacial score (nSPS) is 15.7. The number of hydrogen-bond donors (Lipinski definition) is 0. The number of benzene rings is 7. The van der Waals surface area contributed by atoms with E-state index in [-0.39, 0.29) is 5.41 Å². The maximum atomic E-state index is 2.57. The summed E-state index contributed by atoms with van der Waals surface area (Å²) < 4.78 is 0. The Hall–Kier alpha value is -6.18. The van der Waals surface area contributed by atoms with Crippen LogP contribution < -0.4 is 4.90 Å². The zero-order valence-corrected chi connectivity index (χ0v) is 30.3. The van der Waals surface area contributed by atoms with Crippen LogP contribution in [0.2, 0.25) is 0 Å². The van der Waals surface area contributed by atoms with Gasteiger partial charge in [0.1, 0.15) is 0 Å². The molecule has 0 aromatic heterocycles. The minimum Gasteiger partial charge on any atom is -0.314 e. The number of allylic oxidation sites excluding steroid dienone is 4. The molecule has 53 heavy (non-hydrogen) atoms. The van der Waals surface area contributed by atoms with Crippen molar-refractivity contribution in [2.75, 3.05) is 4.90 Å². The average molecular weight is 680 g/mol. The molecular weight excluding hydrogens is 639 g/mol. The molecule has 0 saturated carbocycles. The van der Waals surface area contributed by atoms with E-state index in [4.69, 9.17) is 0 Å². The summed E-state index contributed by atoms with van der Waals surface area (Å²) >= 11 is 0. The van der Waals surface area contributed by atoms with Crippen LogP contribution >= 0.6 is 0 Å². The second-order valence-electron chi connectivity index (χ2n) is 15.2. The molecular formula is C52H41N. The van der Waals surface area contributed by atoms with Crippen LogP contribution in [0.15, 0.2) is 199 Å². The molecule has 1 heteroatoms. The van der Waals surface area contributed by atoms with Gasteiger partial charge in [-0.3, -0.25) is 0 Å². The lowest BCUT2D eigenvalue weighted by molar-refractivity contribution is 0.660. The molecule has 0 atom stereocenters. The molecule has 7 aromatic carbocycles. The highest BCUT2D eigenvalue weighted by Crippen LogP contribution is 2.58. The molecule has 0 amide bonds. The topological polar surface area (TPSA) is 3.24 Å². The molecule has 7 aromatic rings. The molecule has 0 unspecified atom stereocenters. The van der Waals surface area contributed by atoms with Crippen LogP contribution in [-0.2, 0) is 10.8 Å². The van der Waals surface area contributed by atoms with E-state index in [1.54, 1.807) is 0 Å². The van der Waals surface area contributed by atoms with E-state index in [2.05, 4.69) is 207 Å². The zero-order chi connectivity index (χ0) is 35.6. The zero-order valence-electron chi connectivity index (χ0n) is 30.3. The van der Waals surface area contributed by atoms with Crippen molar-refractivity contribution in [2.45, 2.75) is 37.5 Å². The van der Waals surface area contributed by atoms with E-state index in [9.17, 15) is 0 Å². The quantitative estimate of drug-likeness (QED) is 0.169. The van der Waals surface area contributed by atoms with Gasteiger partial charge in [-0.25, -0.2) is 0 Å². The summed E-state index contributed by atoms with van der Waals surface area (Å²) in [6.45, 7) is 4.76. The second kappa shape index (κ2) is 12.2. The monoisotopic (exact) mass is 679 g/mol. The van der Waals surface area contributed by atoms with Crippen LogP contribution in [0.4, 0.5) is 11.4 Å². The first kappa shape index (κ1) is 31.5. The van der Waals surface area contributed by atoms with Gasteiger partial charge in [0.25, 0.3) is 0 Å². The molecule has 0 bridgehead atoms. The minimum absolute atomic E-state index is 0.104. The van der Waals surface area contributed by atoms with Crippen molar-refractivity contribution in [3.63, 3.8) is 0 Å². The second-order valence-corrected chi connectivity index (χ2v) is 15.2. The van der Waals surface area contributed by atoms with E-state index in [1.807, 2.05) is 0 Å². The molecule has 0 N–H and O–H groups in total. The number of anilines is 2. The lowest BCUT2D eigenvalue weighted by atomic mass is 9.66. The van der Waals surface area contributed by atoms with Gasteiger partial charge in [0.15, 0.2) is 0 Å². The van der Waals surface area contributed by atoms with E-state index in [0.717, 1.165) is 12.8 Å². The van der Waals surface area contributed by atoms with Gasteiger partial charge in [0, 0.05) is 22.4 Å². The van der Waals surface area contributed by atoms with Crippen molar-refractivity contribution >= 4 is 11.4 Å². The number of para-hydroxylation sites is 1. The molecule has 0 radical (unpaired) electrons. The lowest BCUT2D eigenvalue weighted by Gasteiger charge is -2.38. The van der Waals surface area contributed by atoms with Crippen LogP contribution in [0.25, 0.3) is 33.4 Å². The summed E-state index contributed by atoms with van der Waals surface area (Å²) in [7, 11) is 0. The summed E-state index contributed by atoms with van der Waals surface area (Å²) in [6.07, 6.45) is 6.93. The van der Waals surface area contributed by atoms with E-state index in [1.165, 1.54) is 83.8 Å². The third-order valence-electron chi connectivity index (χ3n) is 12.0. The Kier molecular flexibility index (Phi) is 7.27. The van der Waals surface area contributed by atoms with Crippen LogP contribution in [0.1, 0.15) is 54.5 Å². The van der Waals surface area contributed by atoms with Gasteiger partial charge in [0.2, 0.25) is 0 Å². The predicted octanol–water partition coefficient (Wildman–Crippen LogP) is 13.4. The van der Waals surface area contributed by atoms with Gasteiger partial charge in [-0.05, 0) is 98.3 Å². The molecule has 0 aliphatic heterocycles. The summed E-state index contributed by atoms with van der Waals surface area (Å²) in [5, 5.41) is 0. The molecule has 3 aliphatic rings. The molecule has 254 valence electrons. The SMILES string of the molecule is CC1(C)c2ccccc2-c2ccc(N(C3=CC(C4(c5ccccc5)c5ccccc5-c5ccccc54)=CCC3)c3ccccc3-c3ccccc3)cc21. The van der Waals surface area contributed by atoms with Crippen LogP contribution in [0.5, 0.6) is 0 Å². The van der Waals surface area contributed by atoms with E-state index in [0.29, 0.717) is 0 Å². The van der Waals surface area contributed by atoms with Gasteiger partial charge in [-0.2, -0.15) is 0 Å². The number of nitrogens with zero attached hydrogens (tertiary/aromatic N) is 1. The summed E-state index contributed by atoms with van der Waals surface area (Å²) in [4.78, 5) is 2.57. The van der Waals surface area contributed by atoms with Gasteiger partial charge >= 0.3 is 0 Å². The Morgan fingerprint density at radius 1 is 0.472 bits per heavy atom. The van der Waals surface area contributed by atoms with Crippen LogP contribution in [-0.4, -0.2) is 0 Å². The lowest BCUT2D eigenvalue weighted by Crippen LogP contribution is -2.31. The maximum Gasteiger partial charge on any atom is 0.0711 e. The van der Waals surface area contributed by atoms with Crippen molar-refractivity contribution < 1.29 is 0 Å². The van der Waals surface area contributed by atoms with Gasteiger partial charge in [-0.1, -0.05) is 178 Å². The molecule has 0 spiro atoms. The van der Waals surface area contributed by atoms with E-state index < -0.39 is 5.41 Å². The Labute approximate surface area is 313 Å². The Balaban J connectivity index is 1.22. The highest BCUT2D eigenvalue weighted by molar-refractivity contribution is 5.90. The molecule has 3 aliphatic carbocycles. The van der Waals surface area contributed by atoms with Crippen molar-refractivity contribution in [3.8, 4) is 33.4 Å². The minimum atomic E-state index is -0.438. The predicted molar refractivity (Wildman–Crippen MR) is 222 cm³/mol. The summed E-state index contributed by atoms with van der Waals surface area (Å²) in [5.41, 5.74) is 19.0. The van der Waals surface area contributed by atoms with Gasteiger partial charge in [0.05, 0.1) is 11.1 Å². The molecule has 0 fully saturated rings. The van der Waals surface area contributed by atoms with Gasteiger partial charge < -0.3 is 4.90 Å². The Morgan fingerprint density at radius 2 is 1.00 bits per heavy atom. The van der Waals surface area contributed by atoms with Crippen molar-refractivity contribution in [3.05, 3.63) is 227 Å². The van der Waals surface area contributed by atoms with Gasteiger partial charge in [-0.15, -0.1) is 0 Å². The standard InChI is InChI=1S/C52H41N/c1-51(2)46-28-13-9-25-42(46)45-33-32-40(35-49(45)51)53(50-31-16-12-24-41(50)36-18-5-3-6-19-36)39-23-17-22-38(34-39)52(37-20-7-4-8-21-37)47-29-14-10-26-43(47)44-27-11-15-30-48(44)52/h3-16,18-22,24-35H,17,23H2,1-2H3. The van der Waals surface area contributed by atoms with Crippen LogP contribution in [0.3, 0.4) is 0 Å². The van der Waals surface area contributed by atoms with Crippen LogP contribution in [0, 0.1) is 0 Å². The fraction of sp³-hybridized carbons (Fsp3) is 0.115. The third kappa shape index (κ3) is 4.70. The first-order chi connectivity index (χ1) is 26.1. The molecule has 10 rings (SSSR count).